The van der Waals surface area contributed by atoms with Crippen LogP contribution in [0.1, 0.15) is 13.3 Å². The van der Waals surface area contributed by atoms with Gasteiger partial charge in [0, 0.05) is 33.9 Å². The Kier molecular flexibility index (Phi) is 7.29. The fourth-order valence-electron chi connectivity index (χ4n) is 1.01. The van der Waals surface area contributed by atoms with Crippen LogP contribution in [0.2, 0.25) is 5.02 Å². The summed E-state index contributed by atoms with van der Waals surface area (Å²) in [5.41, 5.74) is 0.682. The summed E-state index contributed by atoms with van der Waals surface area (Å²) in [5.74, 6) is 1.02. The Labute approximate surface area is 129 Å². The normalized spacial score (nSPS) is 10.2. The molecule has 0 saturated carbocycles. The molecule has 0 unspecified atom stereocenters. The van der Waals surface area contributed by atoms with Gasteiger partial charge in [0.2, 0.25) is 0 Å². The van der Waals surface area contributed by atoms with E-state index >= 15 is 0 Å². The van der Waals surface area contributed by atoms with E-state index in [2.05, 4.69) is 28.2 Å². The fraction of sp³-hybridized carbons (Fsp3) is 0.364. The molecule has 2 amide bonds. The summed E-state index contributed by atoms with van der Waals surface area (Å²) in [6.07, 6.45) is 1.09. The Balaban J connectivity index is 2.50. The van der Waals surface area contributed by atoms with Crippen molar-refractivity contribution in [3.63, 3.8) is 0 Å². The molecule has 0 aliphatic carbocycles. The Hall–Kier alpha value is -0.0400. The minimum absolute atomic E-state index is 0.165. The van der Waals surface area contributed by atoms with E-state index in [9.17, 15) is 4.79 Å². The van der Waals surface area contributed by atoms with Gasteiger partial charge < -0.3 is 5.32 Å². The number of nitrogens with zero attached hydrogens (tertiary/aromatic N) is 1. The lowest BCUT2D eigenvalue weighted by Gasteiger charge is -2.15. The minimum atomic E-state index is -0.165. The van der Waals surface area contributed by atoms with Gasteiger partial charge in [-0.1, -0.05) is 29.3 Å². The summed E-state index contributed by atoms with van der Waals surface area (Å²) < 4.78 is 2.37. The number of benzene rings is 1. The molecule has 0 atom stereocenters. The molecule has 0 fully saturated rings. The van der Waals surface area contributed by atoms with Gasteiger partial charge in [-0.2, -0.15) is 0 Å². The van der Waals surface area contributed by atoms with E-state index in [1.165, 1.54) is 11.0 Å². The van der Waals surface area contributed by atoms with Crippen molar-refractivity contribution in [2.45, 2.75) is 13.3 Å². The highest BCUT2D eigenvalue weighted by Gasteiger charge is 2.10. The Morgan fingerprint density at radius 3 is 2.89 bits per heavy atom. The number of hydrogen-bond acceptors (Lipinski definition) is 3. The third kappa shape index (κ3) is 5.30. The lowest BCUT2D eigenvalue weighted by Crippen LogP contribution is -2.24. The molecule has 0 spiro atoms. The van der Waals surface area contributed by atoms with E-state index in [1.807, 2.05) is 0 Å². The van der Waals surface area contributed by atoms with Gasteiger partial charge in [0.05, 0.1) is 5.02 Å². The lowest BCUT2D eigenvalue weighted by atomic mass is 10.3. The number of carbonyl (C=O) groups excluding carboxylic acids is 1. The molecule has 0 aliphatic rings. The van der Waals surface area contributed by atoms with Crippen LogP contribution < -0.4 is 5.32 Å². The zero-order chi connectivity index (χ0) is 13.5. The van der Waals surface area contributed by atoms with Gasteiger partial charge in [0.25, 0.3) is 0 Å². The van der Waals surface area contributed by atoms with Crippen LogP contribution in [0.25, 0.3) is 0 Å². The minimum Gasteiger partial charge on any atom is -0.307 e. The maximum Gasteiger partial charge on any atom is 0.332 e. The van der Waals surface area contributed by atoms with Crippen LogP contribution in [0.15, 0.2) is 22.7 Å². The monoisotopic (exact) mass is 368 g/mol. The number of halogens is 2. The largest absolute Gasteiger partial charge is 0.332 e. The Morgan fingerprint density at radius 1 is 1.56 bits per heavy atom. The van der Waals surface area contributed by atoms with Crippen molar-refractivity contribution in [3.05, 3.63) is 27.7 Å². The second-order valence-electron chi connectivity index (χ2n) is 3.45. The van der Waals surface area contributed by atoms with Crippen molar-refractivity contribution < 1.29 is 4.79 Å². The quantitative estimate of drug-likeness (QED) is 0.436. The molecule has 18 heavy (non-hydrogen) atoms. The summed E-state index contributed by atoms with van der Waals surface area (Å²) in [6, 6.07) is 5.14. The lowest BCUT2D eigenvalue weighted by molar-refractivity contribution is 0.243. The van der Waals surface area contributed by atoms with Crippen molar-refractivity contribution >= 4 is 61.0 Å². The van der Waals surface area contributed by atoms with Gasteiger partial charge in [-0.3, -0.25) is 4.31 Å². The summed E-state index contributed by atoms with van der Waals surface area (Å²) in [6.45, 7) is 2.11. The van der Waals surface area contributed by atoms with Crippen LogP contribution in [0.5, 0.6) is 0 Å². The molecule has 1 N–H and O–H groups in total. The molecule has 1 rings (SSSR count). The Bertz CT molecular complexity index is 420. The maximum absolute atomic E-state index is 11.8. The first-order chi connectivity index (χ1) is 8.54. The number of carbonyl (C=O) groups is 1. The predicted octanol–water partition coefficient (Wildman–Crippen LogP) is 5.27. The molecule has 7 heteroatoms. The van der Waals surface area contributed by atoms with Crippen molar-refractivity contribution in [2.24, 2.45) is 0 Å². The SMILES string of the molecule is CCCSSN(C)C(=O)Nc1ccc(Br)c(Cl)c1. The molecule has 3 nitrogen and oxygen atoms in total. The van der Waals surface area contributed by atoms with E-state index in [-0.39, 0.29) is 6.03 Å². The van der Waals surface area contributed by atoms with Gasteiger partial charge in [-0.25, -0.2) is 4.79 Å². The molecule has 0 aromatic heterocycles. The standard InChI is InChI=1S/C11H14BrClN2OS2/c1-3-6-17-18-15(2)11(16)14-8-4-5-9(12)10(13)7-8/h4-5,7H,3,6H2,1-2H3,(H,14,16). The zero-order valence-electron chi connectivity index (χ0n) is 10.1. The Morgan fingerprint density at radius 2 is 2.28 bits per heavy atom. The maximum atomic E-state index is 11.8. The molecule has 0 radical (unpaired) electrons. The van der Waals surface area contributed by atoms with Gasteiger partial charge in [0.15, 0.2) is 0 Å². The van der Waals surface area contributed by atoms with Gasteiger partial charge in [-0.15, -0.1) is 0 Å². The van der Waals surface area contributed by atoms with Crippen LogP contribution in [-0.2, 0) is 0 Å². The van der Waals surface area contributed by atoms with Crippen molar-refractivity contribution in [2.75, 3.05) is 18.1 Å². The molecular weight excluding hydrogens is 356 g/mol. The topological polar surface area (TPSA) is 32.3 Å². The molecule has 0 bridgehead atoms. The van der Waals surface area contributed by atoms with Crippen molar-refractivity contribution in [3.8, 4) is 0 Å². The summed E-state index contributed by atoms with van der Waals surface area (Å²) >= 11 is 9.26. The molecule has 100 valence electrons. The van der Waals surface area contributed by atoms with Crippen LogP contribution in [0.4, 0.5) is 10.5 Å². The van der Waals surface area contributed by atoms with Gasteiger partial charge in [0.1, 0.15) is 0 Å². The fourth-order valence-corrected chi connectivity index (χ4v) is 3.35. The van der Waals surface area contributed by atoms with E-state index in [0.29, 0.717) is 10.7 Å². The third-order valence-electron chi connectivity index (χ3n) is 1.91. The van der Waals surface area contributed by atoms with E-state index in [4.69, 9.17) is 11.6 Å². The smallest absolute Gasteiger partial charge is 0.307 e. The van der Waals surface area contributed by atoms with Crippen LogP contribution in [0.3, 0.4) is 0 Å². The van der Waals surface area contributed by atoms with E-state index in [0.717, 1.165) is 16.6 Å². The first-order valence-electron chi connectivity index (χ1n) is 5.34. The summed E-state index contributed by atoms with van der Waals surface area (Å²) in [7, 11) is 4.82. The number of nitrogens with one attached hydrogen (secondary N) is 1. The van der Waals surface area contributed by atoms with Crippen LogP contribution in [-0.4, -0.2) is 23.1 Å². The summed E-state index contributed by atoms with van der Waals surface area (Å²) in [5, 5.41) is 3.36. The second kappa shape index (κ2) is 8.19. The highest BCUT2D eigenvalue weighted by atomic mass is 79.9. The van der Waals surface area contributed by atoms with Crippen molar-refractivity contribution in [1.29, 1.82) is 0 Å². The number of urea groups is 1. The average molecular weight is 370 g/mol. The van der Waals surface area contributed by atoms with Gasteiger partial charge >= 0.3 is 6.03 Å². The predicted molar refractivity (Wildman–Crippen MR) is 86.3 cm³/mol. The van der Waals surface area contributed by atoms with E-state index in [1.54, 1.807) is 40.3 Å². The number of hydrogen-bond donors (Lipinski definition) is 1. The molecule has 0 aliphatic heterocycles. The molecule has 1 aromatic rings. The molecule has 0 heterocycles. The summed E-state index contributed by atoms with van der Waals surface area (Å²) in [4.78, 5) is 11.8. The van der Waals surface area contributed by atoms with Crippen molar-refractivity contribution in [1.82, 2.24) is 4.31 Å². The highest BCUT2D eigenvalue weighted by molar-refractivity contribution is 9.10. The molecule has 1 aromatic carbocycles. The number of amides is 2. The number of rotatable bonds is 5. The number of anilines is 1. The third-order valence-corrected chi connectivity index (χ3v) is 5.70. The first kappa shape index (κ1) is 16.0. The highest BCUT2D eigenvalue weighted by Crippen LogP contribution is 2.28. The molecular formula is C11H14BrClN2OS2. The van der Waals surface area contributed by atoms with Crippen LogP contribution in [0, 0.1) is 0 Å². The van der Waals surface area contributed by atoms with Gasteiger partial charge in [-0.05, 0) is 40.5 Å². The van der Waals surface area contributed by atoms with E-state index < -0.39 is 0 Å². The second-order valence-corrected chi connectivity index (χ2v) is 7.21. The zero-order valence-corrected chi connectivity index (χ0v) is 14.0. The molecule has 0 saturated heterocycles. The first-order valence-corrected chi connectivity index (χ1v) is 8.78. The average Bonchev–Trinajstić information content (AvgIpc) is 2.34. The van der Waals surface area contributed by atoms with Crippen LogP contribution >= 0.6 is 49.3 Å².